The molecule has 0 spiro atoms. The first-order valence-electron chi connectivity index (χ1n) is 5.92. The molecule has 0 radical (unpaired) electrons. The van der Waals surface area contributed by atoms with Gasteiger partial charge >= 0.3 is 0 Å². The minimum absolute atomic E-state index is 0.00840. The first-order chi connectivity index (χ1) is 9.10. The second-order valence-electron chi connectivity index (χ2n) is 4.29. The Hall–Kier alpha value is -2.30. The van der Waals surface area contributed by atoms with Gasteiger partial charge in [0.15, 0.2) is 5.76 Å². The van der Waals surface area contributed by atoms with Crippen molar-refractivity contribution < 1.29 is 14.1 Å². The smallest absolute Gasteiger partial charge is 0.219 e. The molecule has 2 aromatic rings. The molecule has 100 valence electrons. The largest absolute Gasteiger partial charge is 0.497 e. The van der Waals surface area contributed by atoms with Gasteiger partial charge in [-0.2, -0.15) is 0 Å². The summed E-state index contributed by atoms with van der Waals surface area (Å²) in [7, 11) is 3.34. The average Bonchev–Trinajstić information content (AvgIpc) is 2.87. The van der Waals surface area contributed by atoms with Crippen LogP contribution in [0.3, 0.4) is 0 Å². The van der Waals surface area contributed by atoms with Crippen molar-refractivity contribution in [3.8, 4) is 17.1 Å². The van der Waals surface area contributed by atoms with E-state index in [0.29, 0.717) is 12.3 Å². The standard InChI is InChI=1S/C14H16N2O3/c1-10(17)16(2)9-12-8-14(19-15-12)11-5-4-6-13(7-11)18-3/h4-8H,9H2,1-3H3. The second-order valence-corrected chi connectivity index (χ2v) is 4.29. The Balaban J connectivity index is 2.18. The molecule has 19 heavy (non-hydrogen) atoms. The third-order valence-electron chi connectivity index (χ3n) is 2.85. The van der Waals surface area contributed by atoms with Crippen LogP contribution in [0.4, 0.5) is 0 Å². The van der Waals surface area contributed by atoms with E-state index < -0.39 is 0 Å². The Bertz CT molecular complexity index is 578. The highest BCUT2D eigenvalue weighted by atomic mass is 16.5. The maximum Gasteiger partial charge on any atom is 0.219 e. The number of carbonyl (C=O) groups is 1. The summed E-state index contributed by atoms with van der Waals surface area (Å²) in [6, 6.07) is 9.37. The van der Waals surface area contributed by atoms with E-state index in [-0.39, 0.29) is 5.91 Å². The van der Waals surface area contributed by atoms with Crippen molar-refractivity contribution in [2.75, 3.05) is 14.2 Å². The summed E-state index contributed by atoms with van der Waals surface area (Å²) in [4.78, 5) is 12.7. The van der Waals surface area contributed by atoms with Gasteiger partial charge < -0.3 is 14.2 Å². The Morgan fingerprint density at radius 1 is 1.42 bits per heavy atom. The monoisotopic (exact) mass is 260 g/mol. The number of hydrogen-bond acceptors (Lipinski definition) is 4. The number of aromatic nitrogens is 1. The van der Waals surface area contributed by atoms with Gasteiger partial charge in [-0.05, 0) is 12.1 Å². The zero-order valence-electron chi connectivity index (χ0n) is 11.2. The van der Waals surface area contributed by atoms with Crippen LogP contribution in [0.25, 0.3) is 11.3 Å². The first kappa shape index (κ1) is 13.1. The molecular weight excluding hydrogens is 244 g/mol. The van der Waals surface area contributed by atoms with E-state index in [9.17, 15) is 4.79 Å². The highest BCUT2D eigenvalue weighted by molar-refractivity contribution is 5.72. The summed E-state index contributed by atoms with van der Waals surface area (Å²) in [6.45, 7) is 1.95. The Morgan fingerprint density at radius 2 is 2.21 bits per heavy atom. The van der Waals surface area contributed by atoms with Gasteiger partial charge in [0.05, 0.1) is 13.7 Å². The van der Waals surface area contributed by atoms with Gasteiger partial charge in [-0.1, -0.05) is 17.3 Å². The fraction of sp³-hybridized carbons (Fsp3) is 0.286. The number of rotatable bonds is 4. The van der Waals surface area contributed by atoms with E-state index in [1.54, 1.807) is 19.1 Å². The minimum Gasteiger partial charge on any atom is -0.497 e. The highest BCUT2D eigenvalue weighted by Gasteiger charge is 2.10. The van der Waals surface area contributed by atoms with E-state index in [1.807, 2.05) is 30.3 Å². The van der Waals surface area contributed by atoms with Crippen molar-refractivity contribution in [1.29, 1.82) is 0 Å². The highest BCUT2D eigenvalue weighted by Crippen LogP contribution is 2.24. The van der Waals surface area contributed by atoms with Crippen LogP contribution in [-0.2, 0) is 11.3 Å². The van der Waals surface area contributed by atoms with Crippen molar-refractivity contribution in [3.05, 3.63) is 36.0 Å². The van der Waals surface area contributed by atoms with Gasteiger partial charge in [-0.3, -0.25) is 4.79 Å². The van der Waals surface area contributed by atoms with Crippen molar-refractivity contribution in [3.63, 3.8) is 0 Å². The maximum absolute atomic E-state index is 11.2. The molecule has 0 atom stereocenters. The molecule has 5 nitrogen and oxygen atoms in total. The van der Waals surface area contributed by atoms with Gasteiger partial charge in [-0.25, -0.2) is 0 Å². The lowest BCUT2D eigenvalue weighted by Crippen LogP contribution is -2.23. The summed E-state index contributed by atoms with van der Waals surface area (Å²) in [5, 5.41) is 3.96. The molecule has 0 saturated carbocycles. The molecule has 1 heterocycles. The van der Waals surface area contributed by atoms with Gasteiger partial charge in [0, 0.05) is 25.6 Å². The number of ether oxygens (including phenoxy) is 1. The van der Waals surface area contributed by atoms with Gasteiger partial charge in [0.25, 0.3) is 0 Å². The number of nitrogens with zero attached hydrogens (tertiary/aromatic N) is 2. The molecule has 0 bridgehead atoms. The second kappa shape index (κ2) is 5.56. The van der Waals surface area contributed by atoms with Gasteiger partial charge in [0.2, 0.25) is 5.91 Å². The van der Waals surface area contributed by atoms with Crippen molar-refractivity contribution >= 4 is 5.91 Å². The molecular formula is C14H16N2O3. The Kier molecular flexibility index (Phi) is 3.85. The molecule has 0 unspecified atom stereocenters. The fourth-order valence-corrected chi connectivity index (χ4v) is 1.65. The Labute approximate surface area is 111 Å². The topological polar surface area (TPSA) is 55.6 Å². The van der Waals surface area contributed by atoms with Crippen LogP contribution in [0, 0.1) is 0 Å². The van der Waals surface area contributed by atoms with E-state index in [4.69, 9.17) is 9.26 Å². The SMILES string of the molecule is COc1cccc(-c2cc(CN(C)C(C)=O)no2)c1. The van der Waals surface area contributed by atoms with Crippen LogP contribution in [0.1, 0.15) is 12.6 Å². The molecule has 0 aliphatic rings. The molecule has 0 N–H and O–H groups in total. The lowest BCUT2D eigenvalue weighted by molar-refractivity contribution is -0.128. The number of methoxy groups -OCH3 is 1. The predicted octanol–water partition coefficient (Wildman–Crippen LogP) is 2.33. The minimum atomic E-state index is -0.00840. The summed E-state index contributed by atoms with van der Waals surface area (Å²) in [6.07, 6.45) is 0. The maximum atomic E-state index is 11.2. The quantitative estimate of drug-likeness (QED) is 0.846. The fourth-order valence-electron chi connectivity index (χ4n) is 1.65. The summed E-state index contributed by atoms with van der Waals surface area (Å²) in [5.74, 6) is 1.41. The van der Waals surface area contributed by atoms with E-state index in [2.05, 4.69) is 5.16 Å². The molecule has 0 aliphatic heterocycles. The molecule has 1 aromatic heterocycles. The number of amides is 1. The van der Waals surface area contributed by atoms with Crippen LogP contribution in [0.15, 0.2) is 34.9 Å². The molecule has 0 fully saturated rings. The lowest BCUT2D eigenvalue weighted by Gasteiger charge is -2.11. The first-order valence-corrected chi connectivity index (χ1v) is 5.92. The molecule has 1 aromatic carbocycles. The van der Waals surface area contributed by atoms with Crippen LogP contribution < -0.4 is 4.74 Å². The van der Waals surface area contributed by atoms with E-state index in [1.165, 1.54) is 6.92 Å². The van der Waals surface area contributed by atoms with Crippen molar-refractivity contribution in [2.24, 2.45) is 0 Å². The average molecular weight is 260 g/mol. The van der Waals surface area contributed by atoms with E-state index in [0.717, 1.165) is 17.0 Å². The zero-order valence-corrected chi connectivity index (χ0v) is 11.2. The van der Waals surface area contributed by atoms with Crippen LogP contribution in [0.5, 0.6) is 5.75 Å². The summed E-state index contributed by atoms with van der Waals surface area (Å²) < 4.78 is 10.5. The number of benzene rings is 1. The van der Waals surface area contributed by atoms with Crippen molar-refractivity contribution in [2.45, 2.75) is 13.5 Å². The summed E-state index contributed by atoms with van der Waals surface area (Å²) in [5.41, 5.74) is 1.61. The third-order valence-corrected chi connectivity index (χ3v) is 2.85. The van der Waals surface area contributed by atoms with Crippen LogP contribution in [-0.4, -0.2) is 30.1 Å². The Morgan fingerprint density at radius 3 is 2.89 bits per heavy atom. The van der Waals surface area contributed by atoms with Crippen LogP contribution in [0.2, 0.25) is 0 Å². The molecule has 0 saturated heterocycles. The van der Waals surface area contributed by atoms with Gasteiger partial charge in [0.1, 0.15) is 11.4 Å². The normalized spacial score (nSPS) is 10.3. The molecule has 1 amide bonds. The molecule has 2 rings (SSSR count). The van der Waals surface area contributed by atoms with Crippen molar-refractivity contribution in [1.82, 2.24) is 10.1 Å². The molecule has 5 heteroatoms. The predicted molar refractivity (Wildman–Crippen MR) is 70.6 cm³/mol. The molecule has 0 aliphatic carbocycles. The zero-order chi connectivity index (χ0) is 13.8. The number of hydrogen-bond donors (Lipinski definition) is 0. The third kappa shape index (κ3) is 3.13. The van der Waals surface area contributed by atoms with Crippen LogP contribution >= 0.6 is 0 Å². The number of carbonyl (C=O) groups excluding carboxylic acids is 1. The van der Waals surface area contributed by atoms with E-state index >= 15 is 0 Å². The summed E-state index contributed by atoms with van der Waals surface area (Å²) >= 11 is 0. The van der Waals surface area contributed by atoms with Gasteiger partial charge in [-0.15, -0.1) is 0 Å². The lowest BCUT2D eigenvalue weighted by atomic mass is 10.1.